The molecule has 78 valence electrons. The van der Waals surface area contributed by atoms with Crippen molar-refractivity contribution in [3.05, 3.63) is 33.8 Å². The van der Waals surface area contributed by atoms with Gasteiger partial charge < -0.3 is 5.32 Å². The number of carbonyl (C=O) groups excluding carboxylic acids is 1. The van der Waals surface area contributed by atoms with E-state index in [1.165, 1.54) is 18.4 Å². The predicted molar refractivity (Wildman–Crippen MR) is 62.0 cm³/mol. The highest BCUT2D eigenvalue weighted by Crippen LogP contribution is 2.53. The summed E-state index contributed by atoms with van der Waals surface area (Å²) in [6.45, 7) is 0.811. The van der Waals surface area contributed by atoms with Crippen LogP contribution in [0.15, 0.2) is 22.7 Å². The molecule has 1 amide bonds. The van der Waals surface area contributed by atoms with Crippen molar-refractivity contribution in [2.75, 3.05) is 6.54 Å². The zero-order chi connectivity index (χ0) is 10.5. The number of halogens is 1. The molecule has 2 nitrogen and oxygen atoms in total. The summed E-state index contributed by atoms with van der Waals surface area (Å²) in [4.78, 5) is 11.8. The fraction of sp³-hybridized carbons (Fsp3) is 0.417. The van der Waals surface area contributed by atoms with Gasteiger partial charge in [-0.2, -0.15) is 0 Å². The van der Waals surface area contributed by atoms with E-state index in [2.05, 4.69) is 27.3 Å². The van der Waals surface area contributed by atoms with E-state index in [1.807, 2.05) is 12.1 Å². The van der Waals surface area contributed by atoms with Crippen LogP contribution in [0.1, 0.15) is 35.2 Å². The summed E-state index contributed by atoms with van der Waals surface area (Å²) < 4.78 is 1.07. The average Bonchev–Trinajstić information content (AvgIpc) is 2.99. The van der Waals surface area contributed by atoms with Crippen molar-refractivity contribution in [2.24, 2.45) is 0 Å². The second kappa shape index (κ2) is 3.08. The number of benzene rings is 1. The molecule has 0 saturated heterocycles. The lowest BCUT2D eigenvalue weighted by molar-refractivity contribution is 0.0956. The smallest absolute Gasteiger partial charge is 0.251 e. The molecule has 1 fully saturated rings. The van der Waals surface area contributed by atoms with Gasteiger partial charge in [0, 0.05) is 16.6 Å². The van der Waals surface area contributed by atoms with E-state index in [1.54, 1.807) is 0 Å². The number of carbonyl (C=O) groups is 1. The van der Waals surface area contributed by atoms with Crippen molar-refractivity contribution in [2.45, 2.75) is 24.7 Å². The van der Waals surface area contributed by atoms with Crippen LogP contribution < -0.4 is 5.32 Å². The third-order valence-electron chi connectivity index (χ3n) is 3.54. The first kappa shape index (κ1) is 9.40. The van der Waals surface area contributed by atoms with Crippen LogP contribution in [0.5, 0.6) is 0 Å². The topological polar surface area (TPSA) is 29.1 Å². The van der Waals surface area contributed by atoms with Gasteiger partial charge in [0.2, 0.25) is 0 Å². The van der Waals surface area contributed by atoms with E-state index in [4.69, 9.17) is 0 Å². The highest BCUT2D eigenvalue weighted by atomic mass is 79.9. The molecule has 1 saturated carbocycles. The quantitative estimate of drug-likeness (QED) is 0.768. The zero-order valence-corrected chi connectivity index (χ0v) is 9.93. The molecule has 1 spiro atoms. The van der Waals surface area contributed by atoms with Crippen molar-refractivity contribution >= 4 is 21.8 Å². The third-order valence-corrected chi connectivity index (χ3v) is 4.03. The van der Waals surface area contributed by atoms with Crippen LogP contribution in [0.4, 0.5) is 0 Å². The maximum Gasteiger partial charge on any atom is 0.251 e. The second-order valence-corrected chi connectivity index (χ2v) is 5.39. The molecule has 1 aliphatic heterocycles. The maximum atomic E-state index is 11.8. The number of nitrogens with one attached hydrogen (secondary N) is 1. The summed E-state index contributed by atoms with van der Waals surface area (Å²) in [7, 11) is 0. The zero-order valence-electron chi connectivity index (χ0n) is 8.35. The van der Waals surface area contributed by atoms with Gasteiger partial charge in [-0.15, -0.1) is 0 Å². The summed E-state index contributed by atoms with van der Waals surface area (Å²) in [6, 6.07) is 5.99. The van der Waals surface area contributed by atoms with Gasteiger partial charge in [-0.3, -0.25) is 4.79 Å². The van der Waals surface area contributed by atoms with Gasteiger partial charge >= 0.3 is 0 Å². The molecule has 0 aromatic heterocycles. The first-order chi connectivity index (χ1) is 7.21. The second-order valence-electron chi connectivity index (χ2n) is 4.48. The number of hydrogen-bond donors (Lipinski definition) is 1. The van der Waals surface area contributed by atoms with Gasteiger partial charge in [-0.25, -0.2) is 0 Å². The fourth-order valence-electron chi connectivity index (χ4n) is 2.47. The molecule has 0 atom stereocenters. The van der Waals surface area contributed by atoms with Gasteiger partial charge in [-0.05, 0) is 48.4 Å². The van der Waals surface area contributed by atoms with Gasteiger partial charge in [-0.1, -0.05) is 15.9 Å². The minimum absolute atomic E-state index is 0.0845. The lowest BCUT2D eigenvalue weighted by Crippen LogP contribution is -2.22. The maximum absolute atomic E-state index is 11.8. The van der Waals surface area contributed by atoms with Crippen LogP contribution in [-0.2, 0) is 5.41 Å². The number of amides is 1. The monoisotopic (exact) mass is 265 g/mol. The Bertz CT molecular complexity index is 437. The first-order valence-corrected chi connectivity index (χ1v) is 6.09. The molecule has 1 aromatic carbocycles. The Morgan fingerprint density at radius 1 is 1.27 bits per heavy atom. The Kier molecular flexibility index (Phi) is 1.93. The average molecular weight is 266 g/mol. The standard InChI is InChI=1S/C12H12BrNO/c13-8-1-2-9-10(7-8)12(3-4-12)5-6-14-11(9)15/h1-2,7H,3-6H2,(H,14,15). The van der Waals surface area contributed by atoms with Crippen LogP contribution in [0.2, 0.25) is 0 Å². The molecule has 3 heteroatoms. The number of fused-ring (bicyclic) bond motifs is 2. The number of hydrogen-bond acceptors (Lipinski definition) is 1. The van der Waals surface area contributed by atoms with Gasteiger partial charge in [0.25, 0.3) is 5.91 Å². The van der Waals surface area contributed by atoms with E-state index in [-0.39, 0.29) is 5.91 Å². The molecular formula is C12H12BrNO. The van der Waals surface area contributed by atoms with E-state index in [0.717, 1.165) is 23.0 Å². The molecule has 3 rings (SSSR count). The lowest BCUT2D eigenvalue weighted by Gasteiger charge is -2.14. The third kappa shape index (κ3) is 1.41. The highest BCUT2D eigenvalue weighted by molar-refractivity contribution is 9.10. The van der Waals surface area contributed by atoms with Crippen LogP contribution in [0.25, 0.3) is 0 Å². The van der Waals surface area contributed by atoms with Crippen molar-refractivity contribution in [1.29, 1.82) is 0 Å². The SMILES string of the molecule is O=C1NCCC2(CC2)c2cc(Br)ccc21. The molecule has 1 N–H and O–H groups in total. The molecular weight excluding hydrogens is 254 g/mol. The minimum Gasteiger partial charge on any atom is -0.352 e. The van der Waals surface area contributed by atoms with E-state index >= 15 is 0 Å². The van der Waals surface area contributed by atoms with Crippen LogP contribution in [0, 0.1) is 0 Å². The van der Waals surface area contributed by atoms with E-state index < -0.39 is 0 Å². The molecule has 0 radical (unpaired) electrons. The predicted octanol–water partition coefficient (Wildman–Crippen LogP) is 2.61. The van der Waals surface area contributed by atoms with Gasteiger partial charge in [0.05, 0.1) is 0 Å². The van der Waals surface area contributed by atoms with Crippen molar-refractivity contribution in [3.63, 3.8) is 0 Å². The summed E-state index contributed by atoms with van der Waals surface area (Å²) in [6.07, 6.45) is 3.54. The lowest BCUT2D eigenvalue weighted by atomic mass is 9.90. The van der Waals surface area contributed by atoms with Crippen molar-refractivity contribution in [1.82, 2.24) is 5.32 Å². The Morgan fingerprint density at radius 2 is 2.07 bits per heavy atom. The molecule has 1 heterocycles. The van der Waals surface area contributed by atoms with Gasteiger partial charge in [0.15, 0.2) is 0 Å². The number of rotatable bonds is 0. The summed E-state index contributed by atoms with van der Waals surface area (Å²) >= 11 is 3.48. The highest BCUT2D eigenvalue weighted by Gasteiger charge is 2.46. The Labute approximate surface area is 97.2 Å². The fourth-order valence-corrected chi connectivity index (χ4v) is 2.83. The van der Waals surface area contributed by atoms with Crippen LogP contribution in [0.3, 0.4) is 0 Å². The molecule has 15 heavy (non-hydrogen) atoms. The van der Waals surface area contributed by atoms with Crippen LogP contribution >= 0.6 is 15.9 Å². The summed E-state index contributed by atoms with van der Waals surface area (Å²) in [5.41, 5.74) is 2.42. The molecule has 0 bridgehead atoms. The molecule has 2 aliphatic rings. The van der Waals surface area contributed by atoms with Crippen molar-refractivity contribution < 1.29 is 4.79 Å². The van der Waals surface area contributed by atoms with E-state index in [0.29, 0.717) is 5.41 Å². The Balaban J connectivity index is 2.20. The molecule has 1 aromatic rings. The van der Waals surface area contributed by atoms with E-state index in [9.17, 15) is 4.79 Å². The van der Waals surface area contributed by atoms with Crippen LogP contribution in [-0.4, -0.2) is 12.5 Å². The Hall–Kier alpha value is -0.830. The summed E-state index contributed by atoms with van der Waals surface area (Å²) in [5.74, 6) is 0.0845. The van der Waals surface area contributed by atoms with Gasteiger partial charge in [0.1, 0.15) is 0 Å². The van der Waals surface area contributed by atoms with Crippen molar-refractivity contribution in [3.8, 4) is 0 Å². The molecule has 0 unspecified atom stereocenters. The Morgan fingerprint density at radius 3 is 2.80 bits per heavy atom. The largest absolute Gasteiger partial charge is 0.352 e. The molecule has 1 aliphatic carbocycles. The normalized spacial score (nSPS) is 21.8. The first-order valence-electron chi connectivity index (χ1n) is 5.30. The minimum atomic E-state index is 0.0845. The summed E-state index contributed by atoms with van der Waals surface area (Å²) in [5, 5.41) is 2.96.